The molecule has 0 radical (unpaired) electrons. The number of halogens is 3. The van der Waals surface area contributed by atoms with Crippen LogP contribution >= 0.6 is 54.8 Å². The normalized spacial score (nSPS) is 10.6. The number of rotatable bonds is 3. The van der Waals surface area contributed by atoms with Crippen molar-refractivity contribution in [2.45, 2.75) is 13.5 Å². The molecule has 2 rings (SSSR count). The van der Waals surface area contributed by atoms with Crippen molar-refractivity contribution in [1.29, 1.82) is 0 Å². The summed E-state index contributed by atoms with van der Waals surface area (Å²) in [5.74, 6) is 0. The lowest BCUT2D eigenvalue weighted by Gasteiger charge is -2.06. The summed E-state index contributed by atoms with van der Waals surface area (Å²) in [5, 5.41) is 4.15. The molecule has 0 spiro atoms. The minimum absolute atomic E-state index is 0.795. The van der Waals surface area contributed by atoms with E-state index in [2.05, 4.69) is 43.2 Å². The van der Waals surface area contributed by atoms with E-state index in [0.717, 1.165) is 31.1 Å². The first kappa shape index (κ1) is 13.4. The molecule has 0 amide bonds. The zero-order valence-corrected chi connectivity index (χ0v) is 13.8. The van der Waals surface area contributed by atoms with Crippen molar-refractivity contribution >= 4 is 60.5 Å². The fraction of sp³-hybridized carbons (Fsp3) is 0.167. The van der Waals surface area contributed by atoms with Crippen LogP contribution in [0, 0.1) is 6.92 Å². The average Bonchev–Trinajstić information content (AvgIpc) is 2.60. The van der Waals surface area contributed by atoms with E-state index in [1.807, 2.05) is 25.1 Å². The van der Waals surface area contributed by atoms with Gasteiger partial charge in [0, 0.05) is 26.6 Å². The molecule has 1 aromatic carbocycles. The molecule has 5 heteroatoms. The fourth-order valence-corrected chi connectivity index (χ4v) is 3.67. The topological polar surface area (TPSA) is 12.0 Å². The lowest BCUT2D eigenvalue weighted by molar-refractivity contribution is 1.19. The van der Waals surface area contributed by atoms with Crippen LogP contribution < -0.4 is 5.32 Å². The molecular formula is C12H10Br2ClNS. The highest BCUT2D eigenvalue weighted by atomic mass is 79.9. The van der Waals surface area contributed by atoms with Gasteiger partial charge in [0.1, 0.15) is 0 Å². The molecule has 2 aromatic rings. The van der Waals surface area contributed by atoms with Gasteiger partial charge in [-0.2, -0.15) is 0 Å². The lowest BCUT2D eigenvalue weighted by atomic mass is 10.2. The summed E-state index contributed by atoms with van der Waals surface area (Å²) in [6.07, 6.45) is 0. The number of hydrogen-bond donors (Lipinski definition) is 1. The second kappa shape index (κ2) is 5.74. The van der Waals surface area contributed by atoms with Crippen LogP contribution in [0.15, 0.2) is 32.5 Å². The summed E-state index contributed by atoms with van der Waals surface area (Å²) >= 11 is 14.8. The summed E-state index contributed by atoms with van der Waals surface area (Å²) in [6, 6.07) is 8.12. The Morgan fingerprint density at radius 3 is 2.65 bits per heavy atom. The van der Waals surface area contributed by atoms with Crippen LogP contribution in [0.2, 0.25) is 5.02 Å². The first-order valence-corrected chi connectivity index (χ1v) is 7.78. The SMILES string of the molecule is Cc1ccc(NCc2cc(Br)c(Br)s2)cc1Cl. The van der Waals surface area contributed by atoms with Gasteiger partial charge in [-0.15, -0.1) is 11.3 Å². The first-order chi connectivity index (χ1) is 8.06. The molecule has 0 saturated heterocycles. The lowest BCUT2D eigenvalue weighted by Crippen LogP contribution is -1.97. The van der Waals surface area contributed by atoms with Gasteiger partial charge in [-0.25, -0.2) is 0 Å². The molecule has 1 N–H and O–H groups in total. The number of aryl methyl sites for hydroxylation is 1. The Morgan fingerprint density at radius 2 is 2.06 bits per heavy atom. The van der Waals surface area contributed by atoms with Gasteiger partial charge in [-0.1, -0.05) is 17.7 Å². The predicted molar refractivity (Wildman–Crippen MR) is 83.2 cm³/mol. The Labute approximate surface area is 126 Å². The average molecular weight is 396 g/mol. The summed E-state index contributed by atoms with van der Waals surface area (Å²) in [7, 11) is 0. The molecule has 17 heavy (non-hydrogen) atoms. The molecule has 1 aromatic heterocycles. The quantitative estimate of drug-likeness (QED) is 0.688. The highest BCUT2D eigenvalue weighted by Crippen LogP contribution is 2.32. The summed E-state index contributed by atoms with van der Waals surface area (Å²) in [4.78, 5) is 1.26. The Kier molecular flexibility index (Phi) is 4.53. The van der Waals surface area contributed by atoms with E-state index in [1.54, 1.807) is 11.3 Å². The van der Waals surface area contributed by atoms with E-state index >= 15 is 0 Å². The summed E-state index contributed by atoms with van der Waals surface area (Å²) in [6.45, 7) is 2.80. The van der Waals surface area contributed by atoms with Crippen LogP contribution in [0.1, 0.15) is 10.4 Å². The molecule has 0 saturated carbocycles. The largest absolute Gasteiger partial charge is 0.380 e. The first-order valence-electron chi connectivity index (χ1n) is 5.00. The third-order valence-electron chi connectivity index (χ3n) is 2.33. The van der Waals surface area contributed by atoms with Crippen molar-refractivity contribution in [2.75, 3.05) is 5.32 Å². The van der Waals surface area contributed by atoms with E-state index in [1.165, 1.54) is 4.88 Å². The molecule has 0 aliphatic carbocycles. The Bertz CT molecular complexity index is 520. The third kappa shape index (κ3) is 3.47. The standard InChI is InChI=1S/C12H10Br2ClNS/c1-7-2-3-8(4-11(7)15)16-6-9-5-10(13)12(14)17-9/h2-5,16H,6H2,1H3. The van der Waals surface area contributed by atoms with Gasteiger partial charge in [0.05, 0.1) is 3.79 Å². The monoisotopic (exact) mass is 393 g/mol. The van der Waals surface area contributed by atoms with E-state index in [-0.39, 0.29) is 0 Å². The molecule has 90 valence electrons. The second-order valence-electron chi connectivity index (χ2n) is 3.65. The summed E-state index contributed by atoms with van der Waals surface area (Å²) < 4.78 is 2.22. The van der Waals surface area contributed by atoms with Crippen molar-refractivity contribution in [3.05, 3.63) is 48.0 Å². The highest BCUT2D eigenvalue weighted by Gasteiger charge is 2.04. The van der Waals surface area contributed by atoms with Crippen molar-refractivity contribution in [1.82, 2.24) is 0 Å². The minimum Gasteiger partial charge on any atom is -0.380 e. The number of anilines is 1. The number of benzene rings is 1. The van der Waals surface area contributed by atoms with Crippen LogP contribution in [-0.4, -0.2) is 0 Å². The molecule has 1 heterocycles. The van der Waals surface area contributed by atoms with Gasteiger partial charge in [0.15, 0.2) is 0 Å². The van der Waals surface area contributed by atoms with Crippen LogP contribution in [0.5, 0.6) is 0 Å². The minimum atomic E-state index is 0.795. The number of hydrogen-bond acceptors (Lipinski definition) is 2. The van der Waals surface area contributed by atoms with Crippen LogP contribution in [0.4, 0.5) is 5.69 Å². The van der Waals surface area contributed by atoms with Gasteiger partial charge in [-0.05, 0) is 62.5 Å². The smallest absolute Gasteiger partial charge is 0.0843 e. The van der Waals surface area contributed by atoms with E-state index in [9.17, 15) is 0 Å². The van der Waals surface area contributed by atoms with E-state index in [0.29, 0.717) is 0 Å². The van der Waals surface area contributed by atoms with Gasteiger partial charge >= 0.3 is 0 Å². The molecule has 0 aliphatic heterocycles. The molecule has 0 unspecified atom stereocenters. The second-order valence-corrected chi connectivity index (χ2v) is 7.37. The maximum absolute atomic E-state index is 6.07. The van der Waals surface area contributed by atoms with Gasteiger partial charge in [0.25, 0.3) is 0 Å². The van der Waals surface area contributed by atoms with Crippen LogP contribution in [-0.2, 0) is 6.54 Å². The van der Waals surface area contributed by atoms with Crippen molar-refractivity contribution < 1.29 is 0 Å². The Balaban J connectivity index is 2.04. The summed E-state index contributed by atoms with van der Waals surface area (Å²) in [5.41, 5.74) is 2.14. The third-order valence-corrected chi connectivity index (χ3v) is 6.00. The van der Waals surface area contributed by atoms with Gasteiger partial charge in [-0.3, -0.25) is 0 Å². The van der Waals surface area contributed by atoms with E-state index in [4.69, 9.17) is 11.6 Å². The van der Waals surface area contributed by atoms with E-state index < -0.39 is 0 Å². The Morgan fingerprint density at radius 1 is 1.29 bits per heavy atom. The number of nitrogens with one attached hydrogen (secondary N) is 1. The molecule has 0 fully saturated rings. The fourth-order valence-electron chi connectivity index (χ4n) is 1.37. The molecule has 0 atom stereocenters. The van der Waals surface area contributed by atoms with Gasteiger partial charge < -0.3 is 5.32 Å². The molecule has 1 nitrogen and oxygen atoms in total. The zero-order valence-electron chi connectivity index (χ0n) is 9.06. The van der Waals surface area contributed by atoms with Crippen molar-refractivity contribution in [2.24, 2.45) is 0 Å². The predicted octanol–water partition coefficient (Wildman–Crippen LogP) is 5.85. The van der Waals surface area contributed by atoms with Crippen molar-refractivity contribution in [3.63, 3.8) is 0 Å². The number of thiophene rings is 1. The van der Waals surface area contributed by atoms with Crippen LogP contribution in [0.25, 0.3) is 0 Å². The molecular weight excluding hydrogens is 385 g/mol. The zero-order chi connectivity index (χ0) is 12.4. The van der Waals surface area contributed by atoms with Gasteiger partial charge in [0.2, 0.25) is 0 Å². The maximum Gasteiger partial charge on any atom is 0.0843 e. The molecule has 0 bridgehead atoms. The Hall–Kier alpha value is -0.0300. The maximum atomic E-state index is 6.07. The van der Waals surface area contributed by atoms with Crippen LogP contribution in [0.3, 0.4) is 0 Å². The van der Waals surface area contributed by atoms with Crippen molar-refractivity contribution in [3.8, 4) is 0 Å². The molecule has 0 aliphatic rings. The highest BCUT2D eigenvalue weighted by molar-refractivity contribution is 9.13.